The van der Waals surface area contributed by atoms with Gasteiger partial charge < -0.3 is 10.6 Å². The van der Waals surface area contributed by atoms with Gasteiger partial charge in [0, 0.05) is 16.3 Å². The van der Waals surface area contributed by atoms with Crippen molar-refractivity contribution in [1.82, 2.24) is 0 Å². The van der Waals surface area contributed by atoms with Gasteiger partial charge >= 0.3 is 0 Å². The molecule has 0 aromatic heterocycles. The molecule has 5 nitrogen and oxygen atoms in total. The molecule has 2 amide bonds. The van der Waals surface area contributed by atoms with Crippen LogP contribution in [0.2, 0.25) is 5.02 Å². The zero-order valence-corrected chi connectivity index (χ0v) is 11.4. The minimum absolute atomic E-state index is 0.258. The number of carbonyl (C=O) groups is 3. The third kappa shape index (κ3) is 2.51. The van der Waals surface area contributed by atoms with E-state index in [1.54, 1.807) is 36.4 Å². The van der Waals surface area contributed by atoms with Crippen LogP contribution in [0.4, 0.5) is 11.4 Å². The fourth-order valence-electron chi connectivity index (χ4n) is 2.02. The van der Waals surface area contributed by atoms with E-state index in [2.05, 4.69) is 10.6 Å². The molecule has 0 unspecified atom stereocenters. The smallest absolute Gasteiger partial charge is 0.296 e. The van der Waals surface area contributed by atoms with Crippen LogP contribution in [0.1, 0.15) is 20.7 Å². The lowest BCUT2D eigenvalue weighted by Gasteiger charge is -2.06. The van der Waals surface area contributed by atoms with Gasteiger partial charge in [-0.2, -0.15) is 0 Å². The summed E-state index contributed by atoms with van der Waals surface area (Å²) in [6.45, 7) is 0. The third-order valence-electron chi connectivity index (χ3n) is 3.08. The van der Waals surface area contributed by atoms with Crippen molar-refractivity contribution in [1.29, 1.82) is 0 Å². The fourth-order valence-corrected chi connectivity index (χ4v) is 2.15. The van der Waals surface area contributed by atoms with Crippen molar-refractivity contribution in [3.8, 4) is 0 Å². The first-order valence-corrected chi connectivity index (χ1v) is 6.49. The monoisotopic (exact) mass is 300 g/mol. The van der Waals surface area contributed by atoms with E-state index >= 15 is 0 Å². The zero-order chi connectivity index (χ0) is 15.0. The minimum Gasteiger partial charge on any atom is -0.322 e. The highest BCUT2D eigenvalue weighted by molar-refractivity contribution is 6.51. The highest BCUT2D eigenvalue weighted by Gasteiger charge is 2.28. The molecule has 1 heterocycles. The summed E-state index contributed by atoms with van der Waals surface area (Å²) in [4.78, 5) is 34.9. The van der Waals surface area contributed by atoms with Crippen molar-refractivity contribution in [3.63, 3.8) is 0 Å². The molecule has 0 bridgehead atoms. The Morgan fingerprint density at radius 2 is 1.76 bits per heavy atom. The first-order valence-electron chi connectivity index (χ1n) is 6.11. The van der Waals surface area contributed by atoms with Crippen molar-refractivity contribution in [2.75, 3.05) is 10.6 Å². The van der Waals surface area contributed by atoms with Gasteiger partial charge in [0.25, 0.3) is 17.6 Å². The second kappa shape index (κ2) is 5.03. The summed E-state index contributed by atoms with van der Waals surface area (Å²) in [7, 11) is 0. The van der Waals surface area contributed by atoms with Crippen molar-refractivity contribution >= 4 is 40.6 Å². The number of fused-ring (bicyclic) bond motifs is 1. The summed E-state index contributed by atoms with van der Waals surface area (Å²) in [5.41, 5.74) is 1.60. The lowest BCUT2D eigenvalue weighted by atomic mass is 10.1. The number of nitrogens with one attached hydrogen (secondary N) is 2. The summed E-state index contributed by atoms with van der Waals surface area (Å²) in [5, 5.41) is 5.66. The molecular formula is C15H9ClN2O3. The number of ketones is 1. The zero-order valence-electron chi connectivity index (χ0n) is 10.6. The number of amides is 2. The van der Waals surface area contributed by atoms with Crippen molar-refractivity contribution in [2.45, 2.75) is 0 Å². The number of Topliss-reactive ketones (excluding diaryl/α,β-unsaturated/α-hetero) is 1. The van der Waals surface area contributed by atoms with Crippen LogP contribution in [-0.4, -0.2) is 17.6 Å². The summed E-state index contributed by atoms with van der Waals surface area (Å²) < 4.78 is 0. The van der Waals surface area contributed by atoms with E-state index in [0.717, 1.165) is 0 Å². The molecular weight excluding hydrogens is 292 g/mol. The van der Waals surface area contributed by atoms with E-state index in [1.165, 1.54) is 6.07 Å². The molecule has 0 saturated heterocycles. The van der Waals surface area contributed by atoms with E-state index in [1.807, 2.05) is 0 Å². The Morgan fingerprint density at radius 1 is 1.05 bits per heavy atom. The van der Waals surface area contributed by atoms with Crippen LogP contribution in [0.15, 0.2) is 42.5 Å². The van der Waals surface area contributed by atoms with Crippen molar-refractivity contribution < 1.29 is 14.4 Å². The molecule has 0 radical (unpaired) electrons. The van der Waals surface area contributed by atoms with Crippen molar-refractivity contribution in [2.24, 2.45) is 0 Å². The number of rotatable bonds is 2. The maximum absolute atomic E-state index is 12.0. The average molecular weight is 301 g/mol. The minimum atomic E-state index is -0.661. The van der Waals surface area contributed by atoms with Crippen LogP contribution in [-0.2, 0) is 4.79 Å². The number of benzene rings is 2. The molecule has 3 rings (SSSR count). The van der Waals surface area contributed by atoms with Gasteiger partial charge in [0.15, 0.2) is 0 Å². The average Bonchev–Trinajstić information content (AvgIpc) is 2.75. The first-order chi connectivity index (χ1) is 10.0. The largest absolute Gasteiger partial charge is 0.322 e. The van der Waals surface area contributed by atoms with E-state index in [9.17, 15) is 14.4 Å². The van der Waals surface area contributed by atoms with Crippen molar-refractivity contribution in [3.05, 3.63) is 58.6 Å². The Bertz CT molecular complexity index is 769. The highest BCUT2D eigenvalue weighted by atomic mass is 35.5. The topological polar surface area (TPSA) is 75.3 Å². The molecule has 0 fully saturated rings. The van der Waals surface area contributed by atoms with Crippen LogP contribution in [0.3, 0.4) is 0 Å². The van der Waals surface area contributed by atoms with Crippen LogP contribution >= 0.6 is 11.6 Å². The number of carbonyl (C=O) groups excluding carboxylic acids is 3. The Labute approximate surface area is 124 Å². The molecule has 0 saturated carbocycles. The Kier molecular flexibility index (Phi) is 3.19. The van der Waals surface area contributed by atoms with E-state index in [4.69, 9.17) is 11.6 Å². The number of hydrogen-bond acceptors (Lipinski definition) is 3. The molecule has 104 valence electrons. The maximum Gasteiger partial charge on any atom is 0.296 e. The highest BCUT2D eigenvalue weighted by Crippen LogP contribution is 2.26. The second-order valence-corrected chi connectivity index (χ2v) is 4.94. The summed E-state index contributed by atoms with van der Waals surface area (Å²) >= 11 is 5.76. The van der Waals surface area contributed by atoms with Gasteiger partial charge in [0.1, 0.15) is 0 Å². The maximum atomic E-state index is 12.0. The van der Waals surface area contributed by atoms with Gasteiger partial charge in [-0.05, 0) is 42.5 Å². The molecule has 6 heteroatoms. The van der Waals surface area contributed by atoms with Crippen LogP contribution in [0.5, 0.6) is 0 Å². The van der Waals surface area contributed by atoms with Gasteiger partial charge in [-0.3, -0.25) is 14.4 Å². The molecule has 2 N–H and O–H groups in total. The van der Waals surface area contributed by atoms with E-state index < -0.39 is 11.7 Å². The molecule has 1 aliphatic heterocycles. The number of halogens is 1. The third-order valence-corrected chi connectivity index (χ3v) is 3.33. The quantitative estimate of drug-likeness (QED) is 0.837. The Morgan fingerprint density at radius 3 is 2.48 bits per heavy atom. The molecule has 0 atom stereocenters. The molecule has 0 spiro atoms. The first kappa shape index (κ1) is 13.3. The SMILES string of the molecule is O=C1Nc2ccc(NC(=O)c3ccc(Cl)cc3)cc2C1=O. The molecule has 2 aromatic rings. The van der Waals surface area contributed by atoms with E-state index in [0.29, 0.717) is 22.0 Å². The molecule has 1 aliphatic rings. The fraction of sp³-hybridized carbons (Fsp3) is 0. The molecule has 0 aliphatic carbocycles. The molecule has 2 aromatic carbocycles. The van der Waals surface area contributed by atoms with E-state index in [-0.39, 0.29) is 11.5 Å². The van der Waals surface area contributed by atoms with Gasteiger partial charge in [0.2, 0.25) is 0 Å². The van der Waals surface area contributed by atoms with Crippen LogP contribution in [0, 0.1) is 0 Å². The van der Waals surface area contributed by atoms with Crippen LogP contribution in [0.25, 0.3) is 0 Å². The summed E-state index contributed by atoms with van der Waals surface area (Å²) in [5.74, 6) is -1.59. The lowest BCUT2D eigenvalue weighted by Crippen LogP contribution is -2.13. The number of hydrogen-bond donors (Lipinski definition) is 2. The summed E-state index contributed by atoms with van der Waals surface area (Å²) in [6.07, 6.45) is 0. The lowest BCUT2D eigenvalue weighted by molar-refractivity contribution is -0.112. The predicted molar refractivity (Wildman–Crippen MR) is 78.8 cm³/mol. The van der Waals surface area contributed by atoms with Gasteiger partial charge in [-0.1, -0.05) is 11.6 Å². The second-order valence-electron chi connectivity index (χ2n) is 4.50. The Balaban J connectivity index is 1.83. The van der Waals surface area contributed by atoms with Gasteiger partial charge in [-0.25, -0.2) is 0 Å². The number of anilines is 2. The van der Waals surface area contributed by atoms with Gasteiger partial charge in [0.05, 0.1) is 11.3 Å². The van der Waals surface area contributed by atoms with Gasteiger partial charge in [-0.15, -0.1) is 0 Å². The normalized spacial score (nSPS) is 12.8. The Hall–Kier alpha value is -2.66. The standard InChI is InChI=1S/C15H9ClN2O3/c16-9-3-1-8(2-4-9)14(20)17-10-5-6-12-11(7-10)13(19)15(21)18-12/h1-7H,(H,17,20)(H,18,19,21). The molecule has 21 heavy (non-hydrogen) atoms. The van der Waals surface area contributed by atoms with Crippen LogP contribution < -0.4 is 10.6 Å². The predicted octanol–water partition coefficient (Wildman–Crippen LogP) is 2.73. The summed E-state index contributed by atoms with van der Waals surface area (Å²) in [6, 6.07) is 11.1.